The van der Waals surface area contributed by atoms with E-state index in [2.05, 4.69) is 336 Å². The number of rotatable bonds is 12. The zero-order valence-electron chi connectivity index (χ0n) is 61.5. The normalized spacial score (nSPS) is 11.5. The van der Waals surface area contributed by atoms with Gasteiger partial charge in [0, 0.05) is 54.2 Å². The Balaban J connectivity index is 0.752. The van der Waals surface area contributed by atoms with Crippen molar-refractivity contribution in [3.05, 3.63) is 384 Å². The van der Waals surface area contributed by atoms with E-state index in [4.69, 9.17) is 0 Å². The second kappa shape index (κ2) is 26.6. The van der Waals surface area contributed by atoms with Crippen LogP contribution in [0.3, 0.4) is 0 Å². The molecular formula is C104H66N8. The quantitative estimate of drug-likeness (QED) is 0.121. The van der Waals surface area contributed by atoms with E-state index in [-0.39, 0.29) is 0 Å². The number of hydrogen-bond donors (Lipinski definition) is 0. The molecular weight excluding hydrogens is 1360 g/mol. The molecule has 0 amide bonds. The topological polar surface area (TPSA) is 115 Å². The average molecular weight is 1430 g/mol. The Morgan fingerprint density at radius 2 is 0.509 bits per heavy atom. The molecule has 0 atom stereocenters. The van der Waals surface area contributed by atoms with Crippen molar-refractivity contribution in [2.45, 2.75) is 27.2 Å². The lowest BCUT2D eigenvalue weighted by Crippen LogP contribution is -2.05. The summed E-state index contributed by atoms with van der Waals surface area (Å²) in [5.41, 5.74) is 31.1. The minimum absolute atomic E-state index is 0.494. The van der Waals surface area contributed by atoms with Crippen LogP contribution in [0.5, 0.6) is 0 Å². The van der Waals surface area contributed by atoms with Crippen LogP contribution in [0, 0.1) is 66.1 Å². The summed E-state index contributed by atoms with van der Waals surface area (Å²) in [6.07, 6.45) is 0.625. The maximum atomic E-state index is 11.3. The number of aryl methyl sites for hydroxylation is 3. The van der Waals surface area contributed by atoms with Gasteiger partial charge in [-0.25, -0.2) is 0 Å². The fraction of sp³-hybridized carbons (Fsp3) is 0.0385. The molecule has 0 bridgehead atoms. The monoisotopic (exact) mass is 1430 g/mol. The van der Waals surface area contributed by atoms with Crippen molar-refractivity contribution in [1.29, 1.82) is 21.0 Å². The van der Waals surface area contributed by atoms with E-state index in [1.807, 2.05) is 60.7 Å². The lowest BCUT2D eigenvalue weighted by atomic mass is 9.96. The number of aromatic nitrogens is 4. The standard InChI is InChI=1S/C104H66N8/c1-64-16-10-22-73(44-64)77-37-42-95-89(56-77)85-30-6-9-33-93(85)109(95)99-52-71(62-107)53-100(103(99)81-26-14-20-69(49-81)60-105)110-94-41-34-68(51-88(94)90-57-78(38-43-96(90)110)74-23-11-17-65(2)45-74)47-67-19-13-25-76(48-67)80-36-40-87-84-29-5-8-32-92(84)112(98(87)59-80)102-55-72(63-108)54-101(104(102)82-27-15-21-70(50-82)61-106)111-91-31-7-4-28-83(91)86-39-35-79(58-97(86)111)75-24-12-18-66(3)46-75/h4-46,48-59H,47H2,1-3H3. The second-order valence-corrected chi connectivity index (χ2v) is 29.5. The van der Waals surface area contributed by atoms with Gasteiger partial charge < -0.3 is 18.3 Å². The Morgan fingerprint density at radius 1 is 0.205 bits per heavy atom. The molecule has 522 valence electrons. The smallest absolute Gasteiger partial charge is 0.0993 e. The van der Waals surface area contributed by atoms with Crippen LogP contribution in [0.4, 0.5) is 0 Å². The highest BCUT2D eigenvalue weighted by atomic mass is 15.0. The van der Waals surface area contributed by atoms with Crippen molar-refractivity contribution in [3.8, 4) is 114 Å². The summed E-state index contributed by atoms with van der Waals surface area (Å²) >= 11 is 0. The van der Waals surface area contributed by atoms with Crippen LogP contribution in [0.25, 0.3) is 177 Å². The summed E-state index contributed by atoms with van der Waals surface area (Å²) in [6.45, 7) is 6.38. The molecule has 20 rings (SSSR count). The SMILES string of the molecule is Cc1cccc(-c2ccc3c(c2)c2ccccc2n3-c2cc(C#N)cc(-n3c4ccc(Cc5cccc(-c6ccc7c8ccccc8n(-c8cc(C#N)cc(-n9c%10ccccc%10c%10ccc(-c%11cccc(C)c%11)cc%109)c8-c8cccc(C#N)c8)c7c6)c5)cc4c4cc(-c5cccc(C)c5)ccc43)c2-c2cccc(C#N)c2)c1. The number of benzene rings is 16. The summed E-state index contributed by atoms with van der Waals surface area (Å²) in [5, 5.41) is 52.5. The molecule has 0 aliphatic rings. The molecule has 0 N–H and O–H groups in total. The van der Waals surface area contributed by atoms with E-state index in [9.17, 15) is 21.0 Å². The molecule has 112 heavy (non-hydrogen) atoms. The van der Waals surface area contributed by atoms with Crippen molar-refractivity contribution in [1.82, 2.24) is 18.3 Å². The van der Waals surface area contributed by atoms with Gasteiger partial charge in [-0.15, -0.1) is 0 Å². The summed E-state index contributed by atoms with van der Waals surface area (Å²) in [5.74, 6) is 0. The Morgan fingerprint density at radius 3 is 0.938 bits per heavy atom. The largest absolute Gasteiger partial charge is 0.308 e. The van der Waals surface area contributed by atoms with Crippen LogP contribution in [-0.4, -0.2) is 18.3 Å². The molecule has 8 heteroatoms. The minimum atomic E-state index is 0.494. The van der Waals surface area contributed by atoms with E-state index >= 15 is 0 Å². The zero-order valence-corrected chi connectivity index (χ0v) is 61.5. The molecule has 0 saturated heterocycles. The molecule has 0 fully saturated rings. The summed E-state index contributed by atoms with van der Waals surface area (Å²) in [6, 6.07) is 128. The first-order valence-corrected chi connectivity index (χ1v) is 37.7. The first-order valence-electron chi connectivity index (χ1n) is 37.7. The van der Waals surface area contributed by atoms with Gasteiger partial charge in [-0.2, -0.15) is 21.0 Å². The van der Waals surface area contributed by atoms with Gasteiger partial charge in [0.2, 0.25) is 0 Å². The minimum Gasteiger partial charge on any atom is -0.308 e. The van der Waals surface area contributed by atoms with Gasteiger partial charge in [0.25, 0.3) is 0 Å². The van der Waals surface area contributed by atoms with Crippen LogP contribution < -0.4 is 0 Å². The number of fused-ring (bicyclic) bond motifs is 12. The molecule has 4 heterocycles. The third-order valence-corrected chi connectivity index (χ3v) is 22.5. The van der Waals surface area contributed by atoms with Crippen LogP contribution in [0.2, 0.25) is 0 Å². The summed E-state index contributed by atoms with van der Waals surface area (Å²) < 4.78 is 9.30. The molecule has 4 aromatic heterocycles. The van der Waals surface area contributed by atoms with Crippen molar-refractivity contribution in [3.63, 3.8) is 0 Å². The summed E-state index contributed by atoms with van der Waals surface area (Å²) in [7, 11) is 0. The Bertz CT molecular complexity index is 7580. The van der Waals surface area contributed by atoms with Crippen LogP contribution >= 0.6 is 0 Å². The van der Waals surface area contributed by atoms with Gasteiger partial charge in [0.05, 0.1) is 113 Å². The predicted octanol–water partition coefficient (Wildman–Crippen LogP) is 26.1. The van der Waals surface area contributed by atoms with Crippen LogP contribution in [0.1, 0.15) is 50.1 Å². The molecule has 0 aliphatic carbocycles. The van der Waals surface area contributed by atoms with E-state index in [0.29, 0.717) is 28.7 Å². The maximum absolute atomic E-state index is 11.3. The molecule has 8 nitrogen and oxygen atoms in total. The maximum Gasteiger partial charge on any atom is 0.0993 e. The van der Waals surface area contributed by atoms with Crippen molar-refractivity contribution in [2.75, 3.05) is 0 Å². The lowest BCUT2D eigenvalue weighted by molar-refractivity contribution is 1.13. The first-order chi connectivity index (χ1) is 55.0. The highest BCUT2D eigenvalue weighted by Gasteiger charge is 2.28. The first kappa shape index (κ1) is 66.1. The van der Waals surface area contributed by atoms with Gasteiger partial charge in [0.15, 0.2) is 0 Å². The number of para-hydroxylation sites is 3. The molecule has 0 saturated carbocycles. The van der Waals surface area contributed by atoms with Crippen molar-refractivity contribution in [2.24, 2.45) is 0 Å². The Kier molecular flexibility index (Phi) is 15.7. The third kappa shape index (κ3) is 11.0. The van der Waals surface area contributed by atoms with Gasteiger partial charge in [-0.1, -0.05) is 235 Å². The molecule has 0 radical (unpaired) electrons. The fourth-order valence-corrected chi connectivity index (χ4v) is 17.6. The van der Waals surface area contributed by atoms with E-state index in [1.54, 1.807) is 0 Å². The highest BCUT2D eigenvalue weighted by molar-refractivity contribution is 6.16. The van der Waals surface area contributed by atoms with E-state index < -0.39 is 0 Å². The van der Waals surface area contributed by atoms with Crippen molar-refractivity contribution >= 4 is 87.2 Å². The Hall–Kier alpha value is -15.3. The van der Waals surface area contributed by atoms with Gasteiger partial charge in [-0.3, -0.25) is 0 Å². The van der Waals surface area contributed by atoms with Crippen molar-refractivity contribution < 1.29 is 0 Å². The van der Waals surface area contributed by atoms with Crippen LogP contribution in [-0.2, 0) is 6.42 Å². The summed E-state index contributed by atoms with van der Waals surface area (Å²) in [4.78, 5) is 0. The molecule has 0 aliphatic heterocycles. The number of nitriles is 4. The lowest BCUT2D eigenvalue weighted by Gasteiger charge is -2.21. The van der Waals surface area contributed by atoms with E-state index in [1.165, 1.54) is 16.7 Å². The van der Waals surface area contributed by atoms with Crippen LogP contribution in [0.15, 0.2) is 334 Å². The van der Waals surface area contributed by atoms with Gasteiger partial charge in [0.1, 0.15) is 0 Å². The number of hydrogen-bond acceptors (Lipinski definition) is 4. The van der Waals surface area contributed by atoms with E-state index in [0.717, 1.165) is 188 Å². The average Bonchev–Trinajstić information content (AvgIpc) is 1.54. The predicted molar refractivity (Wildman–Crippen MR) is 459 cm³/mol. The van der Waals surface area contributed by atoms with Gasteiger partial charge >= 0.3 is 0 Å². The van der Waals surface area contributed by atoms with Gasteiger partial charge in [-0.05, 0) is 209 Å². The molecule has 0 unspecified atom stereocenters. The molecule has 20 aromatic rings. The zero-order chi connectivity index (χ0) is 75.4. The Labute approximate surface area is 647 Å². The fourth-order valence-electron chi connectivity index (χ4n) is 17.6. The molecule has 0 spiro atoms. The second-order valence-electron chi connectivity index (χ2n) is 29.5. The molecule has 16 aromatic carbocycles. The third-order valence-electron chi connectivity index (χ3n) is 22.5. The highest BCUT2D eigenvalue weighted by Crippen LogP contribution is 2.48. The number of nitrogens with zero attached hydrogens (tertiary/aromatic N) is 8.